The van der Waals surface area contributed by atoms with Gasteiger partial charge in [0.25, 0.3) is 0 Å². The molecule has 1 aromatic rings. The van der Waals surface area contributed by atoms with E-state index in [1.165, 1.54) is 6.26 Å². The van der Waals surface area contributed by atoms with Crippen molar-refractivity contribution in [3.8, 4) is 0 Å². The number of anilines is 1. The number of sulfone groups is 1. The Balaban J connectivity index is 3.08. The lowest BCUT2D eigenvalue weighted by atomic mass is 9.90. The largest absolute Gasteiger partial charge is 0.369 e. The van der Waals surface area contributed by atoms with E-state index in [2.05, 4.69) is 56.8 Å². The van der Waals surface area contributed by atoms with E-state index < -0.39 is 9.84 Å². The van der Waals surface area contributed by atoms with Crippen molar-refractivity contribution in [2.45, 2.75) is 52.4 Å². The van der Waals surface area contributed by atoms with Crippen LogP contribution in [0.15, 0.2) is 6.07 Å². The maximum Gasteiger partial charge on any atom is 0.149 e. The molecular formula is C15H27N3O2S. The highest BCUT2D eigenvalue weighted by Crippen LogP contribution is 2.26. The van der Waals surface area contributed by atoms with Gasteiger partial charge in [0, 0.05) is 29.7 Å². The van der Waals surface area contributed by atoms with Crippen molar-refractivity contribution in [3.63, 3.8) is 0 Å². The quantitative estimate of drug-likeness (QED) is 0.925. The first kappa shape index (κ1) is 17.9. The molecule has 1 aromatic heterocycles. The maximum absolute atomic E-state index is 11.2. The SMILES string of the molecule is CC(C)(C)c1cc(NCCS(C)(=O)=O)nc(C(C)(C)C)n1. The molecule has 1 N–H and O–H groups in total. The average molecular weight is 313 g/mol. The zero-order valence-electron chi connectivity index (χ0n) is 14.1. The summed E-state index contributed by atoms with van der Waals surface area (Å²) >= 11 is 0. The molecule has 0 fully saturated rings. The molecule has 0 aliphatic rings. The first-order valence-corrected chi connectivity index (χ1v) is 9.17. The molecule has 0 saturated heterocycles. The van der Waals surface area contributed by atoms with Gasteiger partial charge >= 0.3 is 0 Å². The van der Waals surface area contributed by atoms with Crippen molar-refractivity contribution in [1.82, 2.24) is 9.97 Å². The fourth-order valence-electron chi connectivity index (χ4n) is 1.62. The molecule has 0 atom stereocenters. The normalized spacial score (nSPS) is 13.3. The van der Waals surface area contributed by atoms with Crippen LogP contribution in [-0.2, 0) is 20.7 Å². The fourth-order valence-corrected chi connectivity index (χ4v) is 2.09. The van der Waals surface area contributed by atoms with Crippen molar-refractivity contribution in [3.05, 3.63) is 17.6 Å². The van der Waals surface area contributed by atoms with Gasteiger partial charge < -0.3 is 5.32 Å². The topological polar surface area (TPSA) is 72.0 Å². The number of rotatable bonds is 4. The second-order valence-corrected chi connectivity index (χ2v) is 9.78. The molecule has 120 valence electrons. The summed E-state index contributed by atoms with van der Waals surface area (Å²) in [7, 11) is -2.98. The average Bonchev–Trinajstić information content (AvgIpc) is 2.24. The molecular weight excluding hydrogens is 286 g/mol. The minimum Gasteiger partial charge on any atom is -0.369 e. The minimum atomic E-state index is -2.98. The van der Waals surface area contributed by atoms with E-state index in [0.717, 1.165) is 11.5 Å². The Labute approximate surface area is 128 Å². The van der Waals surface area contributed by atoms with Crippen LogP contribution in [0.3, 0.4) is 0 Å². The second-order valence-electron chi connectivity index (χ2n) is 7.52. The van der Waals surface area contributed by atoms with E-state index in [4.69, 9.17) is 0 Å². The highest BCUT2D eigenvalue weighted by molar-refractivity contribution is 7.90. The first-order valence-electron chi connectivity index (χ1n) is 7.11. The molecule has 21 heavy (non-hydrogen) atoms. The van der Waals surface area contributed by atoms with Crippen LogP contribution in [-0.4, -0.2) is 36.9 Å². The highest BCUT2D eigenvalue weighted by Gasteiger charge is 2.23. The standard InChI is InChI=1S/C15H27N3O2S/c1-14(2,3)11-10-12(16-8-9-21(7,19)20)18-13(17-11)15(4,5)6/h10H,8-9H2,1-7H3,(H,16,17,18). The Morgan fingerprint density at radius 1 is 1.05 bits per heavy atom. The smallest absolute Gasteiger partial charge is 0.149 e. The molecule has 6 heteroatoms. The van der Waals surface area contributed by atoms with Crippen LogP contribution < -0.4 is 5.32 Å². The summed E-state index contributed by atoms with van der Waals surface area (Å²) in [6, 6.07) is 1.90. The zero-order valence-corrected chi connectivity index (χ0v) is 14.9. The van der Waals surface area contributed by atoms with Crippen molar-refractivity contribution in [2.75, 3.05) is 23.9 Å². The Morgan fingerprint density at radius 3 is 2.05 bits per heavy atom. The summed E-state index contributed by atoms with van der Waals surface area (Å²) in [6.07, 6.45) is 1.23. The Hall–Kier alpha value is -1.17. The van der Waals surface area contributed by atoms with Crippen molar-refractivity contribution in [2.24, 2.45) is 0 Å². The highest BCUT2D eigenvalue weighted by atomic mass is 32.2. The zero-order chi connectivity index (χ0) is 16.5. The lowest BCUT2D eigenvalue weighted by Gasteiger charge is -2.24. The minimum absolute atomic E-state index is 0.0871. The van der Waals surface area contributed by atoms with Gasteiger partial charge in [-0.1, -0.05) is 41.5 Å². The third kappa shape index (κ3) is 5.99. The molecule has 0 radical (unpaired) electrons. The van der Waals surface area contributed by atoms with Crippen LogP contribution in [0.1, 0.15) is 53.1 Å². The fraction of sp³-hybridized carbons (Fsp3) is 0.733. The van der Waals surface area contributed by atoms with E-state index >= 15 is 0 Å². The first-order chi connectivity index (χ1) is 9.29. The van der Waals surface area contributed by atoms with Crippen LogP contribution >= 0.6 is 0 Å². The second kappa shape index (κ2) is 5.91. The van der Waals surface area contributed by atoms with Crippen LogP contribution in [0.25, 0.3) is 0 Å². The Bertz CT molecular complexity index is 564. The summed E-state index contributed by atoms with van der Waals surface area (Å²) in [5.41, 5.74) is 0.703. The number of nitrogens with zero attached hydrogens (tertiary/aromatic N) is 2. The predicted octanol–water partition coefficient (Wildman–Crippen LogP) is 2.53. The van der Waals surface area contributed by atoms with Gasteiger partial charge in [-0.2, -0.15) is 0 Å². The predicted molar refractivity (Wildman–Crippen MR) is 87.6 cm³/mol. The van der Waals surface area contributed by atoms with Gasteiger partial charge in [0.1, 0.15) is 21.5 Å². The summed E-state index contributed by atoms with van der Waals surface area (Å²) in [5.74, 6) is 1.53. The van der Waals surface area contributed by atoms with Gasteiger partial charge in [0.05, 0.1) is 11.4 Å². The van der Waals surface area contributed by atoms with Crippen LogP contribution in [0.5, 0.6) is 0 Å². The van der Waals surface area contributed by atoms with E-state index in [1.54, 1.807) is 0 Å². The molecule has 0 aliphatic heterocycles. The van der Waals surface area contributed by atoms with Gasteiger partial charge in [-0.25, -0.2) is 18.4 Å². The molecule has 0 saturated carbocycles. The number of hydrogen-bond donors (Lipinski definition) is 1. The Kier molecular flexibility index (Phi) is 5.03. The van der Waals surface area contributed by atoms with E-state index in [-0.39, 0.29) is 16.6 Å². The van der Waals surface area contributed by atoms with E-state index in [0.29, 0.717) is 12.4 Å². The number of hydrogen-bond acceptors (Lipinski definition) is 5. The molecule has 0 aliphatic carbocycles. The van der Waals surface area contributed by atoms with E-state index in [9.17, 15) is 8.42 Å². The molecule has 0 bridgehead atoms. The third-order valence-electron chi connectivity index (χ3n) is 2.94. The van der Waals surface area contributed by atoms with Crippen LogP contribution in [0.2, 0.25) is 0 Å². The molecule has 0 amide bonds. The summed E-state index contributed by atoms with van der Waals surface area (Å²) < 4.78 is 22.4. The van der Waals surface area contributed by atoms with Crippen molar-refractivity contribution < 1.29 is 8.42 Å². The molecule has 5 nitrogen and oxygen atoms in total. The third-order valence-corrected chi connectivity index (χ3v) is 3.89. The van der Waals surface area contributed by atoms with Crippen LogP contribution in [0.4, 0.5) is 5.82 Å². The van der Waals surface area contributed by atoms with Gasteiger partial charge in [-0.3, -0.25) is 0 Å². The molecule has 0 unspecified atom stereocenters. The molecule has 0 spiro atoms. The molecule has 1 rings (SSSR count). The molecule has 1 heterocycles. The Morgan fingerprint density at radius 2 is 1.62 bits per heavy atom. The summed E-state index contributed by atoms with van der Waals surface area (Å²) in [4.78, 5) is 9.18. The van der Waals surface area contributed by atoms with Gasteiger partial charge in [-0.15, -0.1) is 0 Å². The number of nitrogens with one attached hydrogen (secondary N) is 1. The molecule has 0 aromatic carbocycles. The summed E-state index contributed by atoms with van der Waals surface area (Å²) in [5, 5.41) is 3.10. The lowest BCUT2D eigenvalue weighted by Crippen LogP contribution is -2.23. The number of aromatic nitrogens is 2. The van der Waals surface area contributed by atoms with Crippen LogP contribution in [0, 0.1) is 0 Å². The van der Waals surface area contributed by atoms with Crippen molar-refractivity contribution in [1.29, 1.82) is 0 Å². The van der Waals surface area contributed by atoms with Gasteiger partial charge in [0.2, 0.25) is 0 Å². The van der Waals surface area contributed by atoms with Gasteiger partial charge in [0.15, 0.2) is 0 Å². The van der Waals surface area contributed by atoms with Gasteiger partial charge in [-0.05, 0) is 0 Å². The lowest BCUT2D eigenvalue weighted by molar-refractivity contribution is 0.514. The van der Waals surface area contributed by atoms with E-state index in [1.807, 2.05) is 6.07 Å². The van der Waals surface area contributed by atoms with Crippen molar-refractivity contribution >= 4 is 15.7 Å². The maximum atomic E-state index is 11.2. The monoisotopic (exact) mass is 313 g/mol. The summed E-state index contributed by atoms with van der Waals surface area (Å²) in [6.45, 7) is 12.8.